The zero-order valence-electron chi connectivity index (χ0n) is 10.3. The first kappa shape index (κ1) is 12.7. The molecule has 0 aromatic rings. The van der Waals surface area contributed by atoms with Crippen LogP contribution in [0.3, 0.4) is 0 Å². The molecule has 1 atom stereocenters. The third kappa shape index (κ3) is 3.94. The molecule has 0 bridgehead atoms. The third-order valence-electron chi connectivity index (χ3n) is 3.34. The van der Waals surface area contributed by atoms with E-state index in [0.717, 1.165) is 0 Å². The normalized spacial score (nSPS) is 21.3. The fourth-order valence-corrected chi connectivity index (χ4v) is 2.27. The number of aliphatic hydroxyl groups is 1. The summed E-state index contributed by atoms with van der Waals surface area (Å²) >= 11 is 0. The van der Waals surface area contributed by atoms with Crippen molar-refractivity contribution in [1.82, 2.24) is 0 Å². The molecule has 1 N–H and O–H groups in total. The van der Waals surface area contributed by atoms with Gasteiger partial charge in [0, 0.05) is 6.42 Å². The van der Waals surface area contributed by atoms with E-state index in [-0.39, 0.29) is 11.2 Å². The highest BCUT2D eigenvalue weighted by molar-refractivity contribution is 5.83. The summed E-state index contributed by atoms with van der Waals surface area (Å²) in [6.07, 6.45) is 5.95. The molecule has 0 aliphatic heterocycles. The van der Waals surface area contributed by atoms with Crippen LogP contribution in [0.25, 0.3) is 0 Å². The van der Waals surface area contributed by atoms with Gasteiger partial charge in [0.2, 0.25) is 0 Å². The molecule has 0 aromatic carbocycles. The number of rotatable bonds is 3. The van der Waals surface area contributed by atoms with Gasteiger partial charge in [0.05, 0.1) is 0 Å². The van der Waals surface area contributed by atoms with Crippen molar-refractivity contribution in [3.05, 3.63) is 0 Å². The van der Waals surface area contributed by atoms with Crippen LogP contribution >= 0.6 is 0 Å². The van der Waals surface area contributed by atoms with E-state index in [2.05, 4.69) is 0 Å². The van der Waals surface area contributed by atoms with Crippen LogP contribution in [0.15, 0.2) is 0 Å². The number of hydrogen-bond donors (Lipinski definition) is 1. The molecule has 0 aromatic heterocycles. The molecule has 1 aliphatic carbocycles. The number of carbonyl (C=O) groups excluding carboxylic acids is 1. The molecule has 2 heteroatoms. The van der Waals surface area contributed by atoms with Crippen LogP contribution in [-0.2, 0) is 4.79 Å². The molecule has 0 spiro atoms. The second kappa shape index (κ2) is 5.11. The largest absolute Gasteiger partial charge is 0.385 e. The Hall–Kier alpha value is -0.370. The van der Waals surface area contributed by atoms with Gasteiger partial charge < -0.3 is 5.11 Å². The van der Waals surface area contributed by atoms with Crippen molar-refractivity contribution in [2.24, 2.45) is 11.3 Å². The van der Waals surface area contributed by atoms with Gasteiger partial charge in [-0.15, -0.1) is 0 Å². The highest BCUT2D eigenvalue weighted by atomic mass is 16.3. The van der Waals surface area contributed by atoms with E-state index in [1.807, 2.05) is 20.8 Å². The average molecular weight is 212 g/mol. The van der Waals surface area contributed by atoms with Gasteiger partial charge in [-0.1, -0.05) is 52.9 Å². The summed E-state index contributed by atoms with van der Waals surface area (Å²) in [6, 6.07) is 0. The van der Waals surface area contributed by atoms with Crippen molar-refractivity contribution in [2.75, 3.05) is 0 Å². The van der Waals surface area contributed by atoms with E-state index >= 15 is 0 Å². The molecule has 88 valence electrons. The Bertz CT molecular complexity index is 209. The minimum Gasteiger partial charge on any atom is -0.385 e. The minimum absolute atomic E-state index is 0.0365. The maximum atomic E-state index is 11.8. The van der Waals surface area contributed by atoms with Gasteiger partial charge in [0.1, 0.15) is 6.10 Å². The van der Waals surface area contributed by atoms with Gasteiger partial charge >= 0.3 is 0 Å². The fraction of sp³-hybridized carbons (Fsp3) is 0.923. The summed E-state index contributed by atoms with van der Waals surface area (Å²) in [5.41, 5.74) is -0.314. The van der Waals surface area contributed by atoms with E-state index in [4.69, 9.17) is 0 Å². The predicted octanol–water partition coefficient (Wildman–Crippen LogP) is 2.93. The predicted molar refractivity (Wildman–Crippen MR) is 61.7 cm³/mol. The van der Waals surface area contributed by atoms with Crippen molar-refractivity contribution in [2.45, 2.75) is 65.4 Å². The van der Waals surface area contributed by atoms with Crippen molar-refractivity contribution in [3.63, 3.8) is 0 Å². The Labute approximate surface area is 93.1 Å². The Kier molecular flexibility index (Phi) is 4.32. The molecule has 0 heterocycles. The molecule has 1 fully saturated rings. The summed E-state index contributed by atoms with van der Waals surface area (Å²) in [5, 5.41) is 9.84. The molecule has 0 saturated heterocycles. The maximum Gasteiger partial charge on any atom is 0.162 e. The lowest BCUT2D eigenvalue weighted by molar-refractivity contribution is -0.133. The molecule has 2 nitrogen and oxygen atoms in total. The quantitative estimate of drug-likeness (QED) is 0.781. The number of aliphatic hydroxyl groups excluding tert-OH is 1. The molecule has 0 radical (unpaired) electrons. The standard InChI is InChI=1S/C13H24O2/c1-13(2,3)12(15)11(14)9-10-7-5-4-6-8-10/h10,12,15H,4-9H2,1-3H3. The Morgan fingerprint density at radius 3 is 2.27 bits per heavy atom. The smallest absolute Gasteiger partial charge is 0.162 e. The summed E-state index contributed by atoms with van der Waals surface area (Å²) in [7, 11) is 0. The van der Waals surface area contributed by atoms with Gasteiger partial charge in [-0.25, -0.2) is 0 Å². The number of hydrogen-bond acceptors (Lipinski definition) is 2. The van der Waals surface area contributed by atoms with Crippen LogP contribution in [-0.4, -0.2) is 17.0 Å². The van der Waals surface area contributed by atoms with Gasteiger partial charge in [0.25, 0.3) is 0 Å². The molecular formula is C13H24O2. The van der Waals surface area contributed by atoms with Gasteiger partial charge in [-0.2, -0.15) is 0 Å². The SMILES string of the molecule is CC(C)(C)C(O)C(=O)CC1CCCCC1. The summed E-state index contributed by atoms with van der Waals surface area (Å²) < 4.78 is 0. The number of ketones is 1. The topological polar surface area (TPSA) is 37.3 Å². The van der Waals surface area contributed by atoms with Crippen molar-refractivity contribution < 1.29 is 9.90 Å². The van der Waals surface area contributed by atoms with Crippen LogP contribution in [0.5, 0.6) is 0 Å². The van der Waals surface area contributed by atoms with Crippen LogP contribution in [0, 0.1) is 11.3 Å². The van der Waals surface area contributed by atoms with E-state index in [0.29, 0.717) is 12.3 Å². The molecule has 1 rings (SSSR count). The van der Waals surface area contributed by atoms with Gasteiger partial charge in [0.15, 0.2) is 5.78 Å². The molecule has 1 saturated carbocycles. The highest BCUT2D eigenvalue weighted by Gasteiger charge is 2.30. The van der Waals surface area contributed by atoms with Crippen LogP contribution in [0.4, 0.5) is 0 Å². The first-order valence-corrected chi connectivity index (χ1v) is 6.12. The van der Waals surface area contributed by atoms with Crippen LogP contribution in [0.2, 0.25) is 0 Å². The molecule has 0 amide bonds. The molecule has 1 aliphatic rings. The lowest BCUT2D eigenvalue weighted by atomic mass is 9.80. The minimum atomic E-state index is -0.792. The Balaban J connectivity index is 2.40. The Morgan fingerprint density at radius 2 is 1.80 bits per heavy atom. The molecule has 1 unspecified atom stereocenters. The van der Waals surface area contributed by atoms with Crippen LogP contribution in [0.1, 0.15) is 59.3 Å². The van der Waals surface area contributed by atoms with Crippen molar-refractivity contribution >= 4 is 5.78 Å². The second-order valence-electron chi connectivity index (χ2n) is 5.94. The molecule has 15 heavy (non-hydrogen) atoms. The maximum absolute atomic E-state index is 11.8. The summed E-state index contributed by atoms with van der Waals surface area (Å²) in [6.45, 7) is 5.74. The number of Topliss-reactive ketones (excluding diaryl/α,β-unsaturated/α-hetero) is 1. The highest BCUT2D eigenvalue weighted by Crippen LogP contribution is 2.29. The monoisotopic (exact) mass is 212 g/mol. The fourth-order valence-electron chi connectivity index (χ4n) is 2.27. The summed E-state index contributed by atoms with van der Waals surface area (Å²) in [5.74, 6) is 0.567. The average Bonchev–Trinajstić information content (AvgIpc) is 2.16. The van der Waals surface area contributed by atoms with E-state index in [1.165, 1.54) is 32.1 Å². The zero-order chi connectivity index (χ0) is 11.5. The lowest BCUT2D eigenvalue weighted by Crippen LogP contribution is -2.35. The number of carbonyl (C=O) groups is 1. The Morgan fingerprint density at radius 1 is 1.27 bits per heavy atom. The summed E-state index contributed by atoms with van der Waals surface area (Å²) in [4.78, 5) is 11.8. The lowest BCUT2D eigenvalue weighted by Gasteiger charge is -2.27. The second-order valence-corrected chi connectivity index (χ2v) is 5.94. The van der Waals surface area contributed by atoms with Crippen molar-refractivity contribution in [1.29, 1.82) is 0 Å². The first-order chi connectivity index (χ1) is 6.91. The zero-order valence-corrected chi connectivity index (χ0v) is 10.3. The molecular weight excluding hydrogens is 188 g/mol. The van der Waals surface area contributed by atoms with E-state index in [1.54, 1.807) is 0 Å². The van der Waals surface area contributed by atoms with Gasteiger partial charge in [-0.05, 0) is 11.3 Å². The van der Waals surface area contributed by atoms with Crippen molar-refractivity contribution in [3.8, 4) is 0 Å². The van der Waals surface area contributed by atoms with Gasteiger partial charge in [-0.3, -0.25) is 4.79 Å². The van der Waals surface area contributed by atoms with Crippen LogP contribution < -0.4 is 0 Å². The van der Waals surface area contributed by atoms with E-state index < -0.39 is 6.10 Å². The first-order valence-electron chi connectivity index (χ1n) is 6.12. The van der Waals surface area contributed by atoms with E-state index in [9.17, 15) is 9.90 Å². The third-order valence-corrected chi connectivity index (χ3v) is 3.34.